The maximum absolute atomic E-state index is 12.4. The summed E-state index contributed by atoms with van der Waals surface area (Å²) in [5, 5.41) is 20.4. The lowest BCUT2D eigenvalue weighted by atomic mass is 10.1. The topological polar surface area (TPSA) is 119 Å². The van der Waals surface area contributed by atoms with E-state index in [1.165, 1.54) is 17.0 Å². The van der Waals surface area contributed by atoms with Crippen LogP contribution < -0.4 is 15.4 Å². The number of hydrogen-bond acceptors (Lipinski definition) is 7. The molecule has 2 rings (SSSR count). The van der Waals surface area contributed by atoms with Gasteiger partial charge < -0.3 is 10.2 Å². The molecule has 0 amide bonds. The molecule has 0 aliphatic carbocycles. The van der Waals surface area contributed by atoms with Crippen LogP contribution in [0.15, 0.2) is 52.3 Å². The second kappa shape index (κ2) is 9.02. The minimum absolute atomic E-state index is 0.122. The molecule has 0 heterocycles. The van der Waals surface area contributed by atoms with Crippen molar-refractivity contribution >= 4 is 38.8 Å². The van der Waals surface area contributed by atoms with Crippen molar-refractivity contribution in [1.29, 1.82) is 0 Å². The Labute approximate surface area is 175 Å². The van der Waals surface area contributed by atoms with Crippen molar-refractivity contribution < 1.29 is 13.3 Å². The van der Waals surface area contributed by atoms with E-state index in [0.29, 0.717) is 12.8 Å². The van der Waals surface area contributed by atoms with Gasteiger partial charge >= 0.3 is 5.69 Å². The third kappa shape index (κ3) is 5.20. The number of thioether (sulfide) groups is 1. The van der Waals surface area contributed by atoms with Crippen LogP contribution in [-0.2, 0) is 10.0 Å². The maximum Gasteiger partial charge on any atom is 0.314 e. The van der Waals surface area contributed by atoms with Crippen molar-refractivity contribution in [3.8, 4) is 0 Å². The molecule has 2 aromatic carbocycles. The molecule has 3 N–H and O–H groups in total. The molecule has 158 valence electrons. The molecule has 0 unspecified atom stereocenters. The number of nitrogens with zero attached hydrogens (tertiary/aromatic N) is 2. The Hall–Kier alpha value is -2.30. The van der Waals surface area contributed by atoms with Crippen molar-refractivity contribution in [3.63, 3.8) is 0 Å². The normalized spacial score (nSPS) is 11.9. The van der Waals surface area contributed by atoms with Gasteiger partial charge in [0.2, 0.25) is 10.0 Å². The van der Waals surface area contributed by atoms with Crippen LogP contribution in [0.5, 0.6) is 0 Å². The van der Waals surface area contributed by atoms with Gasteiger partial charge in [-0.2, -0.15) is 0 Å². The Balaban J connectivity index is 2.66. The SMILES string of the molecule is CCC(CC)(Nc1ccc(N(C)C)c([N+](=O)[O-])c1S(N)(=O)=O)Sc1ccccc1. The standard InChI is InChI=1S/C19H26N4O4S2/c1-5-19(6-2,28-14-10-8-7-9-11-14)21-15-12-13-16(22(3)4)17(23(24)25)18(15)29(20,26)27/h7-13,21H,5-6H2,1-4H3,(H2,20,26,27). The monoisotopic (exact) mass is 438 g/mol. The minimum Gasteiger partial charge on any atom is -0.372 e. The Morgan fingerprint density at radius 2 is 1.72 bits per heavy atom. The second-order valence-electron chi connectivity index (χ2n) is 6.75. The third-order valence-electron chi connectivity index (χ3n) is 4.62. The fourth-order valence-corrected chi connectivity index (χ4v) is 5.11. The zero-order valence-corrected chi connectivity index (χ0v) is 18.5. The van der Waals surface area contributed by atoms with E-state index < -0.39 is 30.4 Å². The van der Waals surface area contributed by atoms with E-state index in [2.05, 4.69) is 5.32 Å². The number of nitrogens with two attached hydrogens (primary N) is 1. The van der Waals surface area contributed by atoms with Crippen molar-refractivity contribution in [2.45, 2.75) is 41.4 Å². The van der Waals surface area contributed by atoms with Gasteiger partial charge in [-0.3, -0.25) is 10.1 Å². The fourth-order valence-electron chi connectivity index (χ4n) is 3.04. The first kappa shape index (κ1) is 23.0. The zero-order valence-electron chi connectivity index (χ0n) is 16.9. The van der Waals surface area contributed by atoms with Gasteiger partial charge in [-0.05, 0) is 37.1 Å². The summed E-state index contributed by atoms with van der Waals surface area (Å²) < 4.78 is 24.8. The number of hydrogen-bond donors (Lipinski definition) is 2. The number of anilines is 2. The summed E-state index contributed by atoms with van der Waals surface area (Å²) >= 11 is 1.55. The van der Waals surface area contributed by atoms with Gasteiger partial charge in [0.25, 0.3) is 0 Å². The van der Waals surface area contributed by atoms with E-state index in [0.717, 1.165) is 4.90 Å². The van der Waals surface area contributed by atoms with Crippen molar-refractivity contribution in [3.05, 3.63) is 52.6 Å². The van der Waals surface area contributed by atoms with Crippen LogP contribution in [0.1, 0.15) is 26.7 Å². The molecule has 0 atom stereocenters. The molecule has 2 aromatic rings. The largest absolute Gasteiger partial charge is 0.372 e. The predicted octanol–water partition coefficient (Wildman–Crippen LogP) is 4.03. The molecule has 0 saturated heterocycles. The van der Waals surface area contributed by atoms with Crippen LogP contribution in [0.3, 0.4) is 0 Å². The summed E-state index contributed by atoms with van der Waals surface area (Å²) in [4.78, 5) is 12.5. The summed E-state index contributed by atoms with van der Waals surface area (Å²) in [7, 11) is -1.15. The lowest BCUT2D eigenvalue weighted by molar-refractivity contribution is -0.386. The highest BCUT2D eigenvalue weighted by atomic mass is 32.2. The molecule has 29 heavy (non-hydrogen) atoms. The van der Waals surface area contributed by atoms with Crippen LogP contribution in [0.25, 0.3) is 0 Å². The van der Waals surface area contributed by atoms with Crippen LogP contribution in [0, 0.1) is 10.1 Å². The van der Waals surface area contributed by atoms with Gasteiger partial charge in [-0.1, -0.05) is 43.8 Å². The first-order valence-corrected chi connectivity index (χ1v) is 11.4. The van der Waals surface area contributed by atoms with Crippen molar-refractivity contribution in [2.75, 3.05) is 24.3 Å². The summed E-state index contributed by atoms with van der Waals surface area (Å²) in [6, 6.07) is 12.7. The van der Waals surface area contributed by atoms with E-state index in [4.69, 9.17) is 5.14 Å². The van der Waals surface area contributed by atoms with Crippen LogP contribution >= 0.6 is 11.8 Å². The summed E-state index contributed by atoms with van der Waals surface area (Å²) in [6.07, 6.45) is 1.30. The molecule has 0 spiro atoms. The maximum atomic E-state index is 12.4. The quantitative estimate of drug-likeness (QED) is 0.262. The van der Waals surface area contributed by atoms with Crippen LogP contribution in [0.2, 0.25) is 0 Å². The Morgan fingerprint density at radius 3 is 2.17 bits per heavy atom. The number of benzene rings is 2. The number of nitrogens with one attached hydrogen (secondary N) is 1. The zero-order chi connectivity index (χ0) is 21.8. The number of sulfonamides is 1. The van der Waals surface area contributed by atoms with E-state index in [1.807, 2.05) is 44.2 Å². The van der Waals surface area contributed by atoms with Crippen molar-refractivity contribution in [2.24, 2.45) is 5.14 Å². The molecule has 0 aliphatic heterocycles. The minimum atomic E-state index is -4.37. The lowest BCUT2D eigenvalue weighted by Gasteiger charge is -2.34. The van der Waals surface area contributed by atoms with E-state index >= 15 is 0 Å². The first-order valence-electron chi connectivity index (χ1n) is 9.08. The fraction of sp³-hybridized carbons (Fsp3) is 0.368. The molecule has 8 nitrogen and oxygen atoms in total. The molecule has 0 bridgehead atoms. The average molecular weight is 439 g/mol. The lowest BCUT2D eigenvalue weighted by Crippen LogP contribution is -2.34. The van der Waals surface area contributed by atoms with Gasteiger partial charge in [0.1, 0.15) is 5.69 Å². The smallest absolute Gasteiger partial charge is 0.314 e. The molecular weight excluding hydrogens is 412 g/mol. The van der Waals surface area contributed by atoms with E-state index in [1.54, 1.807) is 25.9 Å². The molecule has 0 radical (unpaired) electrons. The number of rotatable bonds is 9. The Morgan fingerprint density at radius 1 is 1.14 bits per heavy atom. The van der Waals surface area contributed by atoms with Gasteiger partial charge in [-0.25, -0.2) is 13.6 Å². The van der Waals surface area contributed by atoms with Gasteiger partial charge in [0.15, 0.2) is 4.90 Å². The van der Waals surface area contributed by atoms with Gasteiger partial charge in [-0.15, -0.1) is 0 Å². The highest BCUT2D eigenvalue weighted by Gasteiger charge is 2.35. The van der Waals surface area contributed by atoms with E-state index in [-0.39, 0.29) is 11.4 Å². The summed E-state index contributed by atoms with van der Waals surface area (Å²) in [5.74, 6) is 0. The third-order valence-corrected chi connectivity index (χ3v) is 7.18. The van der Waals surface area contributed by atoms with Crippen LogP contribution in [0.4, 0.5) is 17.1 Å². The highest BCUT2D eigenvalue weighted by Crippen LogP contribution is 2.44. The van der Waals surface area contributed by atoms with Crippen molar-refractivity contribution in [1.82, 2.24) is 0 Å². The number of nitro benzene ring substituents is 1. The molecule has 10 heteroatoms. The molecular formula is C19H26N4O4S2. The Bertz CT molecular complexity index is 975. The molecule has 0 fully saturated rings. The number of nitro groups is 1. The summed E-state index contributed by atoms with van der Waals surface area (Å²) in [5.41, 5.74) is -0.246. The molecule has 0 aliphatic rings. The molecule has 0 saturated carbocycles. The first-order chi connectivity index (χ1) is 13.5. The van der Waals surface area contributed by atoms with Crippen LogP contribution in [-0.4, -0.2) is 32.3 Å². The molecule has 0 aromatic heterocycles. The Kier molecular flexibility index (Phi) is 7.15. The van der Waals surface area contributed by atoms with Gasteiger partial charge in [0.05, 0.1) is 15.5 Å². The average Bonchev–Trinajstić information content (AvgIpc) is 2.66. The summed E-state index contributed by atoms with van der Waals surface area (Å²) in [6.45, 7) is 3.96. The van der Waals surface area contributed by atoms with E-state index in [9.17, 15) is 18.5 Å². The highest BCUT2D eigenvalue weighted by molar-refractivity contribution is 8.00. The predicted molar refractivity (Wildman–Crippen MR) is 118 cm³/mol. The number of primary sulfonamides is 1. The second-order valence-corrected chi connectivity index (χ2v) is 9.70. The van der Waals surface area contributed by atoms with Gasteiger partial charge in [0, 0.05) is 19.0 Å².